The van der Waals surface area contributed by atoms with E-state index in [2.05, 4.69) is 15.6 Å². The molecule has 0 unspecified atom stereocenters. The van der Waals surface area contributed by atoms with Crippen molar-refractivity contribution in [3.05, 3.63) is 11.9 Å². The van der Waals surface area contributed by atoms with Gasteiger partial charge in [-0.15, -0.1) is 5.10 Å². The molecule has 0 aliphatic heterocycles. The normalized spacial score (nSPS) is 27.8. The van der Waals surface area contributed by atoms with E-state index < -0.39 is 5.97 Å². The second-order valence-corrected chi connectivity index (χ2v) is 6.00. The maximum absolute atomic E-state index is 10.9. The van der Waals surface area contributed by atoms with Gasteiger partial charge in [-0.1, -0.05) is 30.9 Å². The first kappa shape index (κ1) is 13.5. The number of nitrogens with one attached hydrogen (secondary N) is 1. The van der Waals surface area contributed by atoms with Gasteiger partial charge in [0, 0.05) is 12.1 Å². The number of aromatic carboxylic acids is 1. The van der Waals surface area contributed by atoms with Gasteiger partial charge in [-0.3, -0.25) is 0 Å². The molecule has 2 atom stereocenters. The Balaban J connectivity index is 1.71. The molecule has 110 valence electrons. The average molecular weight is 278 g/mol. The number of aromatic nitrogens is 3. The summed E-state index contributed by atoms with van der Waals surface area (Å²) >= 11 is 0. The van der Waals surface area contributed by atoms with Crippen molar-refractivity contribution in [2.45, 2.75) is 69.5 Å². The Morgan fingerprint density at radius 1 is 1.20 bits per heavy atom. The largest absolute Gasteiger partial charge is 0.476 e. The van der Waals surface area contributed by atoms with Gasteiger partial charge in [-0.2, -0.15) is 0 Å². The topological polar surface area (TPSA) is 80.0 Å². The van der Waals surface area contributed by atoms with Crippen LogP contribution in [0.5, 0.6) is 0 Å². The van der Waals surface area contributed by atoms with Crippen molar-refractivity contribution >= 4 is 5.97 Å². The van der Waals surface area contributed by atoms with Crippen LogP contribution < -0.4 is 5.32 Å². The summed E-state index contributed by atoms with van der Waals surface area (Å²) in [6.07, 6.45) is 11.3. The number of nitrogens with zero attached hydrogens (tertiary/aromatic N) is 3. The molecule has 0 bridgehead atoms. The molecule has 1 aromatic heterocycles. The fourth-order valence-electron chi connectivity index (χ4n) is 3.55. The van der Waals surface area contributed by atoms with Crippen LogP contribution in [0.15, 0.2) is 6.20 Å². The molecule has 2 aliphatic carbocycles. The van der Waals surface area contributed by atoms with Crippen molar-refractivity contribution in [1.82, 2.24) is 20.3 Å². The molecule has 0 aromatic carbocycles. The van der Waals surface area contributed by atoms with E-state index >= 15 is 0 Å². The highest BCUT2D eigenvalue weighted by Crippen LogP contribution is 2.30. The molecule has 1 aromatic rings. The van der Waals surface area contributed by atoms with Crippen molar-refractivity contribution in [2.24, 2.45) is 0 Å². The summed E-state index contributed by atoms with van der Waals surface area (Å²) in [4.78, 5) is 10.9. The quantitative estimate of drug-likeness (QED) is 0.880. The minimum absolute atomic E-state index is 0.0372. The summed E-state index contributed by atoms with van der Waals surface area (Å²) in [5.74, 6) is -1.01. The zero-order valence-corrected chi connectivity index (χ0v) is 11.7. The summed E-state index contributed by atoms with van der Waals surface area (Å²) in [6, 6.07) is 1.27. The predicted octanol–water partition coefficient (Wildman–Crippen LogP) is 1.99. The van der Waals surface area contributed by atoms with Gasteiger partial charge in [-0.05, 0) is 25.7 Å². The minimum Gasteiger partial charge on any atom is -0.476 e. The molecule has 2 N–H and O–H groups in total. The van der Waals surface area contributed by atoms with Gasteiger partial charge < -0.3 is 10.4 Å². The zero-order chi connectivity index (χ0) is 13.9. The monoisotopic (exact) mass is 278 g/mol. The summed E-state index contributed by atoms with van der Waals surface area (Å²) in [5.41, 5.74) is 0.0372. The highest BCUT2D eigenvalue weighted by Gasteiger charge is 2.30. The molecular weight excluding hydrogens is 256 g/mol. The van der Waals surface area contributed by atoms with Crippen LogP contribution in [0.3, 0.4) is 0 Å². The van der Waals surface area contributed by atoms with E-state index in [1.165, 1.54) is 38.5 Å². The third-order valence-corrected chi connectivity index (χ3v) is 4.60. The van der Waals surface area contributed by atoms with Crippen molar-refractivity contribution in [3.63, 3.8) is 0 Å². The van der Waals surface area contributed by atoms with Crippen LogP contribution in [0.2, 0.25) is 0 Å². The molecule has 6 heteroatoms. The Labute approximate surface area is 118 Å². The molecule has 1 heterocycles. The van der Waals surface area contributed by atoms with Gasteiger partial charge in [0.15, 0.2) is 5.69 Å². The fraction of sp³-hybridized carbons (Fsp3) is 0.786. The third kappa shape index (κ3) is 2.85. The predicted molar refractivity (Wildman–Crippen MR) is 73.7 cm³/mol. The van der Waals surface area contributed by atoms with Crippen LogP contribution in [-0.2, 0) is 0 Å². The van der Waals surface area contributed by atoms with E-state index in [-0.39, 0.29) is 11.7 Å². The number of hydrogen-bond donors (Lipinski definition) is 2. The van der Waals surface area contributed by atoms with Crippen molar-refractivity contribution in [2.75, 3.05) is 0 Å². The molecule has 2 aliphatic rings. The van der Waals surface area contributed by atoms with Crippen molar-refractivity contribution < 1.29 is 9.90 Å². The van der Waals surface area contributed by atoms with Crippen LogP contribution in [0.4, 0.5) is 0 Å². The molecule has 20 heavy (non-hydrogen) atoms. The lowest BCUT2D eigenvalue weighted by atomic mass is 9.89. The Morgan fingerprint density at radius 2 is 1.90 bits per heavy atom. The molecule has 3 rings (SSSR count). The fourth-order valence-corrected chi connectivity index (χ4v) is 3.55. The number of hydrogen-bond acceptors (Lipinski definition) is 4. The van der Waals surface area contributed by atoms with Crippen LogP contribution in [0.1, 0.15) is 67.9 Å². The maximum atomic E-state index is 10.9. The summed E-state index contributed by atoms with van der Waals surface area (Å²) in [5, 5.41) is 20.5. The lowest BCUT2D eigenvalue weighted by Gasteiger charge is -2.34. The molecule has 0 radical (unpaired) electrons. The maximum Gasteiger partial charge on any atom is 0.358 e. The standard InChI is InChI=1S/C14H22N4O2/c19-14(20)12-9-18(17-16-12)13-8-4-3-7-11(13)15-10-5-1-2-6-10/h9-11,13,15H,1-8H2,(H,19,20)/t11-,13+/m0/s1. The number of rotatable bonds is 4. The van der Waals surface area contributed by atoms with Crippen LogP contribution in [0, 0.1) is 0 Å². The lowest BCUT2D eigenvalue weighted by Crippen LogP contribution is -2.44. The van der Waals surface area contributed by atoms with Gasteiger partial charge in [0.25, 0.3) is 0 Å². The molecule has 6 nitrogen and oxygen atoms in total. The molecule has 0 amide bonds. The van der Waals surface area contributed by atoms with Crippen LogP contribution >= 0.6 is 0 Å². The highest BCUT2D eigenvalue weighted by molar-refractivity contribution is 5.84. The molecule has 0 spiro atoms. The van der Waals surface area contributed by atoms with Crippen molar-refractivity contribution in [3.8, 4) is 0 Å². The van der Waals surface area contributed by atoms with E-state index in [9.17, 15) is 4.79 Å². The second-order valence-electron chi connectivity index (χ2n) is 6.00. The third-order valence-electron chi connectivity index (χ3n) is 4.60. The number of carboxylic acid groups (broad SMARTS) is 1. The highest BCUT2D eigenvalue weighted by atomic mass is 16.4. The first-order valence-electron chi connectivity index (χ1n) is 7.65. The average Bonchev–Trinajstić information content (AvgIpc) is 3.10. The molecule has 2 saturated carbocycles. The molecule has 0 saturated heterocycles. The molecular formula is C14H22N4O2. The van der Waals surface area contributed by atoms with Gasteiger partial charge >= 0.3 is 5.97 Å². The van der Waals surface area contributed by atoms with E-state index in [0.717, 1.165) is 12.8 Å². The van der Waals surface area contributed by atoms with E-state index in [4.69, 9.17) is 5.11 Å². The summed E-state index contributed by atoms with van der Waals surface area (Å²) in [6.45, 7) is 0. The van der Waals surface area contributed by atoms with Gasteiger partial charge in [0.2, 0.25) is 0 Å². The lowest BCUT2D eigenvalue weighted by molar-refractivity contribution is 0.0690. The van der Waals surface area contributed by atoms with E-state index in [0.29, 0.717) is 12.1 Å². The van der Waals surface area contributed by atoms with Gasteiger partial charge in [0.1, 0.15) is 0 Å². The number of carboxylic acids is 1. The Hall–Kier alpha value is -1.43. The van der Waals surface area contributed by atoms with E-state index in [1.54, 1.807) is 10.9 Å². The Morgan fingerprint density at radius 3 is 2.60 bits per heavy atom. The summed E-state index contributed by atoms with van der Waals surface area (Å²) < 4.78 is 1.76. The van der Waals surface area contributed by atoms with Crippen LogP contribution in [-0.4, -0.2) is 38.2 Å². The SMILES string of the molecule is O=C(O)c1cn([C@@H]2CCCC[C@@H]2NC2CCCC2)nn1. The first-order chi connectivity index (χ1) is 9.74. The van der Waals surface area contributed by atoms with Gasteiger partial charge in [-0.25, -0.2) is 9.48 Å². The Kier molecular flexibility index (Phi) is 4.00. The minimum atomic E-state index is -1.01. The Bertz CT molecular complexity index is 467. The van der Waals surface area contributed by atoms with Gasteiger partial charge in [0.05, 0.1) is 12.2 Å². The number of carbonyl (C=O) groups is 1. The first-order valence-corrected chi connectivity index (χ1v) is 7.65. The second kappa shape index (κ2) is 5.91. The summed E-state index contributed by atoms with van der Waals surface area (Å²) in [7, 11) is 0. The van der Waals surface area contributed by atoms with Crippen LogP contribution in [0.25, 0.3) is 0 Å². The zero-order valence-electron chi connectivity index (χ0n) is 11.7. The molecule has 2 fully saturated rings. The smallest absolute Gasteiger partial charge is 0.358 e. The van der Waals surface area contributed by atoms with E-state index in [1.807, 2.05) is 0 Å². The van der Waals surface area contributed by atoms with Crippen molar-refractivity contribution in [1.29, 1.82) is 0 Å².